The number of ether oxygens (including phenoxy) is 1. The summed E-state index contributed by atoms with van der Waals surface area (Å²) in [4.78, 5) is 39.2. The zero-order chi connectivity index (χ0) is 41.1. The number of aromatic nitrogens is 4. The highest BCUT2D eigenvalue weighted by atomic mass is 19.3. The molecule has 12 nitrogen and oxygen atoms in total. The Morgan fingerprint density at radius 3 is 2.39 bits per heavy atom. The number of amides is 2. The normalized spacial score (nSPS) is 20.6. The van der Waals surface area contributed by atoms with Crippen molar-refractivity contribution in [2.75, 3.05) is 50.0 Å². The van der Waals surface area contributed by atoms with Crippen molar-refractivity contribution in [2.24, 2.45) is 5.41 Å². The second-order valence-electron chi connectivity index (χ2n) is 16.0. The molecule has 4 aromatic rings. The summed E-state index contributed by atoms with van der Waals surface area (Å²) in [5, 5.41) is 10.2. The zero-order valence-electron chi connectivity index (χ0n) is 32.9. The third-order valence-electron chi connectivity index (χ3n) is 11.1. The second-order valence-corrected chi connectivity index (χ2v) is 16.0. The van der Waals surface area contributed by atoms with E-state index in [1.807, 2.05) is 29.7 Å². The van der Waals surface area contributed by atoms with Gasteiger partial charge in [0.25, 0.3) is 17.8 Å². The molecule has 17 heteroatoms. The van der Waals surface area contributed by atoms with E-state index >= 15 is 13.2 Å². The van der Waals surface area contributed by atoms with Crippen LogP contribution in [0.25, 0.3) is 16.9 Å². The van der Waals surface area contributed by atoms with Gasteiger partial charge in [-0.1, -0.05) is 26.0 Å². The molecular formula is C40H48F5N9O3. The number of fused-ring (bicyclic) bond motifs is 2. The number of benzene rings is 1. The smallest absolute Gasteiger partial charge is 0.410 e. The minimum absolute atomic E-state index is 0.0151. The van der Waals surface area contributed by atoms with Crippen molar-refractivity contribution in [1.82, 2.24) is 34.7 Å². The Morgan fingerprint density at radius 1 is 1.00 bits per heavy atom. The molecule has 1 aliphatic carbocycles. The van der Waals surface area contributed by atoms with E-state index in [1.165, 1.54) is 16.8 Å². The fraction of sp³-hybridized carbons (Fsp3) is 0.525. The molecule has 306 valence electrons. The Labute approximate surface area is 327 Å². The molecule has 0 bridgehead atoms. The first-order valence-corrected chi connectivity index (χ1v) is 19.4. The fourth-order valence-corrected chi connectivity index (χ4v) is 8.07. The van der Waals surface area contributed by atoms with Crippen LogP contribution in [0.2, 0.25) is 0 Å². The van der Waals surface area contributed by atoms with Gasteiger partial charge in [-0.15, -0.1) is 5.10 Å². The number of hydrogen-bond acceptors (Lipinski definition) is 9. The number of anilines is 3. The molecule has 8 rings (SSSR count). The summed E-state index contributed by atoms with van der Waals surface area (Å²) >= 11 is 0. The molecule has 57 heavy (non-hydrogen) atoms. The summed E-state index contributed by atoms with van der Waals surface area (Å²) in [6, 6.07) is 7.39. The molecule has 1 spiro atoms. The van der Waals surface area contributed by atoms with E-state index in [-0.39, 0.29) is 56.8 Å². The number of alkyl halides is 4. The Morgan fingerprint density at radius 2 is 1.75 bits per heavy atom. The number of piperidine rings is 1. The number of nitrogens with zero attached hydrogens (tertiary/aromatic N) is 7. The first-order valence-electron chi connectivity index (χ1n) is 19.4. The molecule has 1 unspecified atom stereocenters. The topological polar surface area (TPSA) is 120 Å². The number of carbonyl (C=O) groups excluding carboxylic acids is 2. The van der Waals surface area contributed by atoms with Crippen molar-refractivity contribution in [2.45, 2.75) is 90.3 Å². The van der Waals surface area contributed by atoms with Crippen molar-refractivity contribution in [1.29, 1.82) is 0 Å². The number of halogens is 5. The maximum atomic E-state index is 15.9. The standard InChI is InChI=1S/C38H42F5N9O3.C2H6/c1-35(2,3)55-34(54)50-13-11-36(38(42,43)21-50)19-49(20-36)18-22-14-25(39)31(45-16-22)24-6-5-7-27-23(24)9-12-51(27)30-15-26(44-4)32-46-17-28(52(32)48-30)33(53)47-29-8-10-37(29,40)41;1-2/h5-7,14-17,29,44H,8-13,18-21H2,1-4H3,(H,47,53);1-2H3. The van der Waals surface area contributed by atoms with Gasteiger partial charge >= 0.3 is 6.09 Å². The van der Waals surface area contributed by atoms with Crippen LogP contribution in [0.4, 0.5) is 43.9 Å². The lowest BCUT2D eigenvalue weighted by molar-refractivity contribution is -0.223. The number of nitrogens with one attached hydrogen (secondary N) is 2. The molecule has 3 fully saturated rings. The van der Waals surface area contributed by atoms with Crippen LogP contribution in [0.15, 0.2) is 42.7 Å². The molecule has 2 amide bonds. The van der Waals surface area contributed by atoms with Gasteiger partial charge in [0.05, 0.1) is 29.9 Å². The summed E-state index contributed by atoms with van der Waals surface area (Å²) in [6.07, 6.45) is 2.70. The van der Waals surface area contributed by atoms with Gasteiger partial charge < -0.3 is 25.2 Å². The average Bonchev–Trinajstić information content (AvgIpc) is 3.78. The Kier molecular flexibility index (Phi) is 10.4. The molecule has 1 atom stereocenters. The summed E-state index contributed by atoms with van der Waals surface area (Å²) < 4.78 is 81.2. The van der Waals surface area contributed by atoms with E-state index in [0.29, 0.717) is 41.2 Å². The monoisotopic (exact) mass is 797 g/mol. The lowest BCUT2D eigenvalue weighted by Gasteiger charge is -2.57. The first kappa shape index (κ1) is 40.1. The first-order chi connectivity index (χ1) is 27.0. The van der Waals surface area contributed by atoms with Gasteiger partial charge in [0.2, 0.25) is 0 Å². The molecular weight excluding hydrogens is 749 g/mol. The van der Waals surface area contributed by atoms with Crippen LogP contribution in [0.5, 0.6) is 0 Å². The minimum Gasteiger partial charge on any atom is -0.444 e. The van der Waals surface area contributed by atoms with Crippen molar-refractivity contribution in [3.8, 4) is 11.3 Å². The van der Waals surface area contributed by atoms with E-state index in [4.69, 9.17) is 9.84 Å². The molecule has 3 aliphatic heterocycles. The second kappa shape index (κ2) is 14.7. The Balaban J connectivity index is 0.00000244. The Hall–Kier alpha value is -5.06. The van der Waals surface area contributed by atoms with Gasteiger partial charge in [0, 0.05) is 69.7 Å². The highest BCUT2D eigenvalue weighted by Gasteiger charge is 2.63. The molecule has 1 aromatic carbocycles. The van der Waals surface area contributed by atoms with Crippen molar-refractivity contribution in [3.63, 3.8) is 0 Å². The maximum Gasteiger partial charge on any atom is 0.410 e. The third-order valence-corrected chi connectivity index (χ3v) is 11.1. The summed E-state index contributed by atoms with van der Waals surface area (Å²) in [6.45, 7) is 9.51. The fourth-order valence-electron chi connectivity index (χ4n) is 8.07. The van der Waals surface area contributed by atoms with Crippen molar-refractivity contribution < 1.29 is 36.3 Å². The quantitative estimate of drug-likeness (QED) is 0.186. The SMILES string of the molecule is CC.CNc1cc(N2CCc3c(-c4ncc(CN5CC6(CCN(C(=O)OC(C)(C)C)CC6(F)F)C5)cc4F)cccc32)nn2c(C(=O)NC3CCC3(F)F)cnc12. The minimum atomic E-state index is -3.10. The van der Waals surface area contributed by atoms with E-state index in [1.54, 1.807) is 52.2 Å². The van der Waals surface area contributed by atoms with Crippen molar-refractivity contribution in [3.05, 3.63) is 65.4 Å². The predicted octanol–water partition coefficient (Wildman–Crippen LogP) is 7.30. The molecule has 2 N–H and O–H groups in total. The average molecular weight is 798 g/mol. The molecule has 0 radical (unpaired) electrons. The lowest BCUT2D eigenvalue weighted by atomic mass is 9.69. The number of rotatable bonds is 7. The van der Waals surface area contributed by atoms with Crippen LogP contribution >= 0.6 is 0 Å². The molecule has 3 aromatic heterocycles. The number of carbonyl (C=O) groups is 2. The van der Waals surface area contributed by atoms with Gasteiger partial charge in [0.1, 0.15) is 17.1 Å². The largest absolute Gasteiger partial charge is 0.444 e. The molecule has 4 aliphatic rings. The van der Waals surface area contributed by atoms with Gasteiger partial charge in [-0.2, -0.15) is 0 Å². The number of pyridine rings is 1. The Bertz CT molecular complexity index is 2180. The van der Waals surface area contributed by atoms with Crippen LogP contribution in [-0.4, -0.2) is 105 Å². The van der Waals surface area contributed by atoms with Crippen molar-refractivity contribution >= 4 is 34.8 Å². The highest BCUT2D eigenvalue weighted by Crippen LogP contribution is 2.51. The van der Waals surface area contributed by atoms with Crippen LogP contribution in [0, 0.1) is 11.2 Å². The highest BCUT2D eigenvalue weighted by molar-refractivity contribution is 5.94. The predicted molar refractivity (Wildman–Crippen MR) is 205 cm³/mol. The molecule has 2 saturated heterocycles. The van der Waals surface area contributed by atoms with Crippen LogP contribution in [0.1, 0.15) is 75.5 Å². The van der Waals surface area contributed by atoms with Gasteiger partial charge in [-0.3, -0.25) is 14.7 Å². The zero-order valence-corrected chi connectivity index (χ0v) is 32.9. The van der Waals surface area contributed by atoms with Crippen LogP contribution in [0.3, 0.4) is 0 Å². The van der Waals surface area contributed by atoms with E-state index < -0.39 is 53.3 Å². The van der Waals surface area contributed by atoms with E-state index in [2.05, 4.69) is 20.6 Å². The number of hydrogen-bond donors (Lipinski definition) is 2. The van der Waals surface area contributed by atoms with Gasteiger partial charge in [-0.25, -0.2) is 36.2 Å². The number of likely N-dealkylation sites (tertiary alicyclic amines) is 2. The van der Waals surface area contributed by atoms with Crippen LogP contribution < -0.4 is 15.5 Å². The van der Waals surface area contributed by atoms with Crippen LogP contribution in [-0.2, 0) is 17.7 Å². The summed E-state index contributed by atoms with van der Waals surface area (Å²) in [7, 11) is 1.70. The lowest BCUT2D eigenvalue weighted by Crippen LogP contribution is -2.70. The summed E-state index contributed by atoms with van der Waals surface area (Å²) in [5.74, 6) is -6.84. The maximum absolute atomic E-state index is 15.9. The van der Waals surface area contributed by atoms with E-state index in [0.717, 1.165) is 16.2 Å². The van der Waals surface area contributed by atoms with Gasteiger partial charge in [0.15, 0.2) is 17.2 Å². The summed E-state index contributed by atoms with van der Waals surface area (Å²) in [5.41, 5.74) is 1.80. The molecule has 6 heterocycles. The van der Waals surface area contributed by atoms with E-state index in [9.17, 15) is 18.4 Å². The third kappa shape index (κ3) is 7.34. The molecule has 1 saturated carbocycles. The van der Waals surface area contributed by atoms with Gasteiger partial charge in [-0.05, 0) is 63.3 Å². The number of imidazole rings is 1.